The topological polar surface area (TPSA) is 108 Å². The Kier molecular flexibility index (Phi) is 8.00. The Morgan fingerprint density at radius 3 is 2.64 bits per heavy atom. The Morgan fingerprint density at radius 2 is 2.09 bits per heavy atom. The third kappa shape index (κ3) is 5.74. The van der Waals surface area contributed by atoms with E-state index in [0.717, 1.165) is 30.6 Å². The van der Waals surface area contributed by atoms with E-state index < -0.39 is 12.0 Å². The maximum atomic E-state index is 12.2. The second-order valence-corrected chi connectivity index (χ2v) is 5.14. The number of nitrogens with one attached hydrogen (secondary N) is 1. The number of rotatable bonds is 6. The second kappa shape index (κ2) is 9.79. The van der Waals surface area contributed by atoms with Gasteiger partial charge < -0.3 is 15.8 Å². The highest BCUT2D eigenvalue weighted by Gasteiger charge is 2.20. The van der Waals surface area contributed by atoms with Crippen LogP contribution in [0.5, 0.6) is 0 Å². The molecule has 0 unspecified atom stereocenters. The quantitative estimate of drug-likeness (QED) is 0.567. The molecule has 0 spiro atoms. The van der Waals surface area contributed by atoms with Gasteiger partial charge in [0.25, 0.3) is 5.91 Å². The van der Waals surface area contributed by atoms with Crippen LogP contribution in [0.15, 0.2) is 11.8 Å². The van der Waals surface area contributed by atoms with Crippen molar-refractivity contribution in [2.24, 2.45) is 5.73 Å². The number of ether oxygens (including phenoxy) is 1. The molecule has 22 heavy (non-hydrogen) atoms. The van der Waals surface area contributed by atoms with Gasteiger partial charge in [-0.2, -0.15) is 5.26 Å². The maximum absolute atomic E-state index is 12.2. The summed E-state index contributed by atoms with van der Waals surface area (Å²) in [6, 6.07) is 1.94. The van der Waals surface area contributed by atoms with Crippen LogP contribution >= 0.6 is 0 Å². The van der Waals surface area contributed by atoms with Crippen LogP contribution in [0.2, 0.25) is 0 Å². The fourth-order valence-electron chi connectivity index (χ4n) is 2.36. The molecule has 122 valence electrons. The Morgan fingerprint density at radius 1 is 1.41 bits per heavy atom. The first kappa shape index (κ1) is 18.0. The molecule has 1 saturated carbocycles. The molecule has 3 N–H and O–H groups in total. The molecule has 0 heterocycles. The van der Waals surface area contributed by atoms with Crippen molar-refractivity contribution >= 4 is 12.0 Å². The summed E-state index contributed by atoms with van der Waals surface area (Å²) in [6.07, 6.45) is 5.79. The number of nitriles is 1. The number of carbonyl (C=O) groups excluding carboxylic acids is 2. The van der Waals surface area contributed by atoms with Gasteiger partial charge in [-0.05, 0) is 19.8 Å². The predicted octanol–water partition coefficient (Wildman–Crippen LogP) is 1.26. The molecule has 0 aromatic carbocycles. The molecule has 0 bridgehead atoms. The molecule has 1 aliphatic carbocycles. The Labute approximate surface area is 131 Å². The summed E-state index contributed by atoms with van der Waals surface area (Å²) in [5.41, 5.74) is 5.33. The van der Waals surface area contributed by atoms with E-state index >= 15 is 0 Å². The van der Waals surface area contributed by atoms with E-state index in [1.54, 1.807) is 6.92 Å². The lowest BCUT2D eigenvalue weighted by molar-refractivity contribution is -0.118. The summed E-state index contributed by atoms with van der Waals surface area (Å²) in [5.74, 6) is -0.458. The van der Waals surface area contributed by atoms with E-state index in [4.69, 9.17) is 15.7 Å². The van der Waals surface area contributed by atoms with Crippen molar-refractivity contribution in [3.8, 4) is 6.07 Å². The van der Waals surface area contributed by atoms with Gasteiger partial charge in [-0.25, -0.2) is 4.79 Å². The molecule has 0 aliphatic heterocycles. The summed E-state index contributed by atoms with van der Waals surface area (Å²) in [7, 11) is 0. The summed E-state index contributed by atoms with van der Waals surface area (Å²) >= 11 is 0. The van der Waals surface area contributed by atoms with Gasteiger partial charge in [0.2, 0.25) is 0 Å². The number of carbonyl (C=O) groups is 2. The van der Waals surface area contributed by atoms with Gasteiger partial charge in [0.15, 0.2) is 0 Å². The van der Waals surface area contributed by atoms with E-state index in [2.05, 4.69) is 5.32 Å². The van der Waals surface area contributed by atoms with Crippen LogP contribution in [0.1, 0.15) is 39.0 Å². The molecule has 0 aromatic heterocycles. The van der Waals surface area contributed by atoms with Crippen LogP contribution in [-0.4, -0.2) is 42.6 Å². The van der Waals surface area contributed by atoms with Crippen molar-refractivity contribution in [2.45, 2.75) is 45.1 Å². The van der Waals surface area contributed by atoms with E-state index in [0.29, 0.717) is 0 Å². The first-order chi connectivity index (χ1) is 10.6. The lowest BCUT2D eigenvalue weighted by Crippen LogP contribution is -2.38. The van der Waals surface area contributed by atoms with Crippen molar-refractivity contribution in [3.63, 3.8) is 0 Å². The largest absolute Gasteiger partial charge is 0.449 e. The smallest absolute Gasteiger partial charge is 0.413 e. The van der Waals surface area contributed by atoms with Crippen molar-refractivity contribution in [3.05, 3.63) is 11.8 Å². The van der Waals surface area contributed by atoms with Crippen LogP contribution in [0.3, 0.4) is 0 Å². The summed E-state index contributed by atoms with van der Waals surface area (Å²) in [4.78, 5) is 25.1. The summed E-state index contributed by atoms with van der Waals surface area (Å²) in [5, 5.41) is 12.0. The molecule has 1 rings (SSSR count). The predicted molar refractivity (Wildman–Crippen MR) is 81.5 cm³/mol. The van der Waals surface area contributed by atoms with Crippen LogP contribution in [0.4, 0.5) is 4.79 Å². The van der Waals surface area contributed by atoms with Gasteiger partial charge in [-0.3, -0.25) is 9.69 Å². The normalized spacial score (nSPS) is 15.8. The van der Waals surface area contributed by atoms with Crippen molar-refractivity contribution in [1.82, 2.24) is 10.2 Å². The summed E-state index contributed by atoms with van der Waals surface area (Å²) < 4.78 is 4.88. The highest BCUT2D eigenvalue weighted by molar-refractivity contribution is 5.97. The highest BCUT2D eigenvalue weighted by Crippen LogP contribution is 2.17. The summed E-state index contributed by atoms with van der Waals surface area (Å²) in [6.45, 7) is 2.28. The fourth-order valence-corrected chi connectivity index (χ4v) is 2.36. The number of nitrogens with zero attached hydrogens (tertiary/aromatic N) is 2. The van der Waals surface area contributed by atoms with Gasteiger partial charge in [-0.15, -0.1) is 0 Å². The van der Waals surface area contributed by atoms with Gasteiger partial charge >= 0.3 is 6.09 Å². The molecule has 1 fully saturated rings. The third-order valence-electron chi connectivity index (χ3n) is 3.46. The average molecular weight is 308 g/mol. The molecule has 0 saturated heterocycles. The third-order valence-corrected chi connectivity index (χ3v) is 3.46. The van der Waals surface area contributed by atoms with E-state index in [1.165, 1.54) is 12.6 Å². The Bertz CT molecular complexity index is 450. The first-order valence-corrected chi connectivity index (χ1v) is 7.68. The van der Waals surface area contributed by atoms with Crippen LogP contribution < -0.4 is 11.1 Å². The van der Waals surface area contributed by atoms with Gasteiger partial charge in [0.05, 0.1) is 6.61 Å². The average Bonchev–Trinajstić information content (AvgIpc) is 2.52. The lowest BCUT2D eigenvalue weighted by Gasteiger charge is -2.23. The highest BCUT2D eigenvalue weighted by atomic mass is 16.6. The van der Waals surface area contributed by atoms with E-state index in [1.807, 2.05) is 6.07 Å². The molecular formula is C15H24N4O3. The second-order valence-electron chi connectivity index (χ2n) is 5.14. The standard InChI is InChI=1S/C15H24N4O3/c1-2-22-15(21)19(9-8-16)11-12(10-17)14(20)18-13-6-4-3-5-7-13/h11,13H,2-9,16H2,1H3,(H,18,20)/b12-11-. The van der Waals surface area contributed by atoms with Crippen LogP contribution in [0, 0.1) is 11.3 Å². The van der Waals surface area contributed by atoms with Gasteiger partial charge in [-0.1, -0.05) is 19.3 Å². The van der Waals surface area contributed by atoms with Crippen molar-refractivity contribution in [2.75, 3.05) is 19.7 Å². The van der Waals surface area contributed by atoms with Gasteiger partial charge in [0, 0.05) is 25.3 Å². The molecule has 1 aliphatic rings. The van der Waals surface area contributed by atoms with E-state index in [9.17, 15) is 9.59 Å². The molecule has 0 aromatic rings. The zero-order chi connectivity index (χ0) is 16.4. The lowest BCUT2D eigenvalue weighted by atomic mass is 9.95. The molecule has 7 heteroatoms. The SMILES string of the molecule is CCOC(=O)N(/C=C(/C#N)C(=O)NC1CCCCC1)CCN. The fraction of sp³-hybridized carbons (Fsp3) is 0.667. The zero-order valence-electron chi connectivity index (χ0n) is 13.0. The minimum Gasteiger partial charge on any atom is -0.449 e. The number of hydrogen-bond donors (Lipinski definition) is 2. The molecule has 0 atom stereocenters. The van der Waals surface area contributed by atoms with Gasteiger partial charge in [0.1, 0.15) is 11.6 Å². The maximum Gasteiger partial charge on any atom is 0.413 e. The molecule has 7 nitrogen and oxygen atoms in total. The number of nitrogens with two attached hydrogens (primary N) is 1. The van der Waals surface area contributed by atoms with Crippen LogP contribution in [-0.2, 0) is 9.53 Å². The molecule has 0 radical (unpaired) electrons. The zero-order valence-corrected chi connectivity index (χ0v) is 13.0. The monoisotopic (exact) mass is 308 g/mol. The molecule has 2 amide bonds. The Hall–Kier alpha value is -2.07. The molecular weight excluding hydrogens is 284 g/mol. The van der Waals surface area contributed by atoms with E-state index in [-0.39, 0.29) is 31.3 Å². The minimum atomic E-state index is -0.619. The first-order valence-electron chi connectivity index (χ1n) is 7.68. The number of amides is 2. The Balaban J connectivity index is 2.74. The minimum absolute atomic E-state index is 0.101. The number of hydrogen-bond acceptors (Lipinski definition) is 5. The van der Waals surface area contributed by atoms with Crippen molar-refractivity contribution < 1.29 is 14.3 Å². The van der Waals surface area contributed by atoms with Crippen LogP contribution in [0.25, 0.3) is 0 Å². The van der Waals surface area contributed by atoms with Crippen molar-refractivity contribution in [1.29, 1.82) is 5.26 Å².